The van der Waals surface area contributed by atoms with Crippen LogP contribution in [0.5, 0.6) is 0 Å². The molecule has 0 aliphatic carbocycles. The van der Waals surface area contributed by atoms with Crippen molar-refractivity contribution in [2.75, 3.05) is 7.05 Å². The molecule has 22 heavy (non-hydrogen) atoms. The first-order valence-electron chi connectivity index (χ1n) is 6.34. The van der Waals surface area contributed by atoms with Gasteiger partial charge < -0.3 is 4.90 Å². The molecule has 0 aliphatic rings. The van der Waals surface area contributed by atoms with E-state index in [0.717, 1.165) is 10.6 Å². The number of benzene rings is 1. The molecule has 0 unspecified atom stereocenters. The molecule has 0 saturated heterocycles. The normalized spacial score (nSPS) is 10.5. The Morgan fingerprint density at radius 2 is 2.09 bits per heavy atom. The molecule has 2 aromatic rings. The summed E-state index contributed by atoms with van der Waals surface area (Å²) < 4.78 is 15.5. The topological polar surface area (TPSA) is 75.2 Å². The van der Waals surface area contributed by atoms with Crippen LogP contribution in [-0.4, -0.2) is 27.4 Å². The van der Waals surface area contributed by atoms with Gasteiger partial charge in [0.15, 0.2) is 0 Å². The molecular formula is C14H13BrFN3O3. The third-order valence-electron chi connectivity index (χ3n) is 3.04. The third-order valence-corrected chi connectivity index (χ3v) is 3.54. The van der Waals surface area contributed by atoms with Gasteiger partial charge in [-0.1, -0.05) is 15.9 Å². The number of aromatic nitrogens is 2. The van der Waals surface area contributed by atoms with E-state index in [9.17, 15) is 18.8 Å². The van der Waals surface area contributed by atoms with Crippen LogP contribution >= 0.6 is 15.9 Å². The van der Waals surface area contributed by atoms with Gasteiger partial charge in [0.25, 0.3) is 5.56 Å². The highest BCUT2D eigenvalue weighted by molar-refractivity contribution is 9.10. The van der Waals surface area contributed by atoms with Crippen molar-refractivity contribution in [3.05, 3.63) is 67.2 Å². The summed E-state index contributed by atoms with van der Waals surface area (Å²) in [4.78, 5) is 38.0. The molecule has 0 atom stereocenters. The van der Waals surface area contributed by atoms with Crippen molar-refractivity contribution in [2.45, 2.75) is 13.1 Å². The van der Waals surface area contributed by atoms with Gasteiger partial charge in [0.1, 0.15) is 12.4 Å². The Morgan fingerprint density at radius 3 is 2.77 bits per heavy atom. The van der Waals surface area contributed by atoms with E-state index in [1.807, 2.05) is 0 Å². The lowest BCUT2D eigenvalue weighted by atomic mass is 10.2. The maximum atomic E-state index is 13.7. The number of rotatable bonds is 4. The monoisotopic (exact) mass is 369 g/mol. The summed E-state index contributed by atoms with van der Waals surface area (Å²) in [7, 11) is 1.51. The Balaban J connectivity index is 2.10. The predicted molar refractivity (Wildman–Crippen MR) is 81.9 cm³/mol. The van der Waals surface area contributed by atoms with Crippen LogP contribution < -0.4 is 11.2 Å². The van der Waals surface area contributed by atoms with Crippen LogP contribution in [0.4, 0.5) is 4.39 Å². The average Bonchev–Trinajstić information content (AvgIpc) is 2.45. The molecule has 1 amide bonds. The van der Waals surface area contributed by atoms with Crippen LogP contribution in [0.2, 0.25) is 0 Å². The molecule has 2 rings (SSSR count). The van der Waals surface area contributed by atoms with E-state index in [2.05, 4.69) is 20.9 Å². The SMILES string of the molecule is CN(Cc1cc(Br)ccc1F)C(=O)Cn1ccc(=O)[nH]c1=O. The highest BCUT2D eigenvalue weighted by Crippen LogP contribution is 2.16. The van der Waals surface area contributed by atoms with Gasteiger partial charge in [-0.3, -0.25) is 19.1 Å². The zero-order valence-electron chi connectivity index (χ0n) is 11.7. The van der Waals surface area contributed by atoms with Crippen LogP contribution in [0, 0.1) is 5.82 Å². The van der Waals surface area contributed by atoms with Crippen LogP contribution in [0.1, 0.15) is 5.56 Å². The van der Waals surface area contributed by atoms with Crippen molar-refractivity contribution in [3.8, 4) is 0 Å². The number of carbonyl (C=O) groups excluding carboxylic acids is 1. The molecule has 1 N–H and O–H groups in total. The van der Waals surface area contributed by atoms with Gasteiger partial charge in [0, 0.05) is 35.9 Å². The van der Waals surface area contributed by atoms with E-state index >= 15 is 0 Å². The maximum absolute atomic E-state index is 13.7. The minimum absolute atomic E-state index is 0.0716. The van der Waals surface area contributed by atoms with E-state index < -0.39 is 17.1 Å². The summed E-state index contributed by atoms with van der Waals surface area (Å²) in [5.41, 5.74) is -0.833. The second-order valence-corrected chi connectivity index (χ2v) is 5.64. The van der Waals surface area contributed by atoms with Crippen LogP contribution in [0.3, 0.4) is 0 Å². The minimum atomic E-state index is -0.664. The first-order chi connectivity index (χ1) is 10.4. The second kappa shape index (κ2) is 6.69. The van der Waals surface area contributed by atoms with Crippen molar-refractivity contribution < 1.29 is 9.18 Å². The first-order valence-corrected chi connectivity index (χ1v) is 7.14. The number of nitrogens with zero attached hydrogens (tertiary/aromatic N) is 2. The van der Waals surface area contributed by atoms with Crippen LogP contribution in [0.25, 0.3) is 0 Å². The van der Waals surface area contributed by atoms with Gasteiger partial charge in [-0.15, -0.1) is 0 Å². The number of hydrogen-bond donors (Lipinski definition) is 1. The fourth-order valence-electron chi connectivity index (χ4n) is 1.84. The fraction of sp³-hybridized carbons (Fsp3) is 0.214. The van der Waals surface area contributed by atoms with Crippen LogP contribution in [-0.2, 0) is 17.9 Å². The fourth-order valence-corrected chi connectivity index (χ4v) is 2.25. The predicted octanol–water partition coefficient (Wildman–Crippen LogP) is 1.10. The first kappa shape index (κ1) is 16.2. The summed E-state index contributed by atoms with van der Waals surface area (Å²) in [6.07, 6.45) is 1.24. The van der Waals surface area contributed by atoms with E-state index in [0.29, 0.717) is 10.0 Å². The van der Waals surface area contributed by atoms with Crippen molar-refractivity contribution in [2.24, 2.45) is 0 Å². The zero-order valence-corrected chi connectivity index (χ0v) is 13.3. The van der Waals surface area contributed by atoms with Crippen molar-refractivity contribution >= 4 is 21.8 Å². The maximum Gasteiger partial charge on any atom is 0.328 e. The van der Waals surface area contributed by atoms with E-state index in [1.54, 1.807) is 12.1 Å². The summed E-state index contributed by atoms with van der Waals surface area (Å²) in [6, 6.07) is 5.62. The van der Waals surface area contributed by atoms with Gasteiger partial charge in [-0.25, -0.2) is 9.18 Å². The van der Waals surface area contributed by atoms with E-state index in [4.69, 9.17) is 0 Å². The van der Waals surface area contributed by atoms with Crippen molar-refractivity contribution in [3.63, 3.8) is 0 Å². The number of halogens is 2. The lowest BCUT2D eigenvalue weighted by Crippen LogP contribution is -2.36. The molecule has 1 heterocycles. The quantitative estimate of drug-likeness (QED) is 0.876. The van der Waals surface area contributed by atoms with Gasteiger partial charge in [0.05, 0.1) is 0 Å². The summed E-state index contributed by atoms with van der Waals surface area (Å²) in [5, 5.41) is 0. The number of hydrogen-bond acceptors (Lipinski definition) is 3. The molecule has 8 heteroatoms. The number of H-pyrrole nitrogens is 1. The molecule has 0 spiro atoms. The Hall–Kier alpha value is -2.22. The van der Waals surface area contributed by atoms with E-state index in [-0.39, 0.29) is 19.0 Å². The molecule has 0 radical (unpaired) electrons. The Labute approximate surface area is 133 Å². The van der Waals surface area contributed by atoms with Crippen molar-refractivity contribution in [1.29, 1.82) is 0 Å². The Morgan fingerprint density at radius 1 is 1.36 bits per heavy atom. The average molecular weight is 370 g/mol. The number of aromatic amines is 1. The lowest BCUT2D eigenvalue weighted by Gasteiger charge is -2.18. The van der Waals surface area contributed by atoms with Gasteiger partial charge in [-0.2, -0.15) is 0 Å². The molecule has 1 aromatic carbocycles. The molecule has 0 aliphatic heterocycles. The second-order valence-electron chi connectivity index (χ2n) is 4.72. The smallest absolute Gasteiger partial charge is 0.328 e. The molecule has 1 aromatic heterocycles. The zero-order chi connectivity index (χ0) is 16.3. The molecular weight excluding hydrogens is 357 g/mol. The number of carbonyl (C=O) groups is 1. The third kappa shape index (κ3) is 3.91. The highest BCUT2D eigenvalue weighted by atomic mass is 79.9. The van der Waals surface area contributed by atoms with E-state index in [1.165, 1.54) is 24.2 Å². The van der Waals surface area contributed by atoms with Gasteiger partial charge >= 0.3 is 5.69 Å². The number of likely N-dealkylation sites (N-methyl/N-ethyl adjacent to an activating group) is 1. The molecule has 0 bridgehead atoms. The number of nitrogens with one attached hydrogen (secondary N) is 1. The summed E-state index contributed by atoms with van der Waals surface area (Å²) in [5.74, 6) is -0.794. The largest absolute Gasteiger partial charge is 0.340 e. The Kier molecular flexibility index (Phi) is 4.92. The molecule has 0 fully saturated rings. The summed E-state index contributed by atoms with van der Waals surface area (Å²) in [6.45, 7) is -0.163. The standard InChI is InChI=1S/C14H13BrFN3O3/c1-18(7-9-6-10(15)2-3-11(9)16)13(21)8-19-5-4-12(20)17-14(19)22/h2-6H,7-8H2,1H3,(H,17,20,22). The highest BCUT2D eigenvalue weighted by Gasteiger charge is 2.13. The minimum Gasteiger partial charge on any atom is -0.340 e. The van der Waals surface area contributed by atoms with Crippen LogP contribution in [0.15, 0.2) is 44.5 Å². The Bertz CT molecular complexity index is 815. The van der Waals surface area contributed by atoms with Gasteiger partial charge in [-0.05, 0) is 18.2 Å². The molecule has 116 valence electrons. The summed E-state index contributed by atoms with van der Waals surface area (Å²) >= 11 is 3.24. The van der Waals surface area contributed by atoms with Crippen molar-refractivity contribution in [1.82, 2.24) is 14.5 Å². The lowest BCUT2D eigenvalue weighted by molar-refractivity contribution is -0.131. The molecule has 6 nitrogen and oxygen atoms in total. The number of amides is 1. The molecule has 0 saturated carbocycles. The van der Waals surface area contributed by atoms with Gasteiger partial charge in [0.2, 0.25) is 5.91 Å².